The summed E-state index contributed by atoms with van der Waals surface area (Å²) in [5.74, 6) is 0.241. The van der Waals surface area contributed by atoms with Crippen molar-refractivity contribution in [3.05, 3.63) is 29.8 Å². The number of rotatable bonds is 3. The lowest BCUT2D eigenvalue weighted by Crippen LogP contribution is -2.53. The average Bonchev–Trinajstić information content (AvgIpc) is 2.62. The molecule has 6 nitrogen and oxygen atoms in total. The summed E-state index contributed by atoms with van der Waals surface area (Å²) in [5, 5.41) is 0. The lowest BCUT2D eigenvalue weighted by atomic mass is 10.0. The van der Waals surface area contributed by atoms with Crippen LogP contribution in [0.3, 0.4) is 0 Å². The van der Waals surface area contributed by atoms with Crippen molar-refractivity contribution in [1.29, 1.82) is 0 Å². The maximum atomic E-state index is 12.5. The van der Waals surface area contributed by atoms with Crippen molar-refractivity contribution in [2.24, 2.45) is 0 Å². The number of nitrogens with two attached hydrogens (primary N) is 1. The van der Waals surface area contributed by atoms with E-state index in [1.165, 1.54) is 6.42 Å². The van der Waals surface area contributed by atoms with Gasteiger partial charge in [-0.3, -0.25) is 14.5 Å². The number of likely N-dealkylation sites (tertiary alicyclic amines) is 1. The first-order valence-electron chi connectivity index (χ1n) is 9.21. The molecule has 0 saturated carbocycles. The van der Waals surface area contributed by atoms with E-state index in [1.54, 1.807) is 24.3 Å². The zero-order valence-electron chi connectivity index (χ0n) is 15.0. The van der Waals surface area contributed by atoms with Gasteiger partial charge in [0.2, 0.25) is 5.91 Å². The van der Waals surface area contributed by atoms with Crippen LogP contribution in [-0.2, 0) is 4.79 Å². The van der Waals surface area contributed by atoms with Crippen molar-refractivity contribution in [2.45, 2.75) is 32.2 Å². The molecule has 2 N–H and O–H groups in total. The predicted octanol–water partition coefficient (Wildman–Crippen LogP) is 1.43. The minimum Gasteiger partial charge on any atom is -0.399 e. The average molecular weight is 344 g/mol. The van der Waals surface area contributed by atoms with E-state index in [-0.39, 0.29) is 11.8 Å². The van der Waals surface area contributed by atoms with Crippen molar-refractivity contribution in [1.82, 2.24) is 14.7 Å². The summed E-state index contributed by atoms with van der Waals surface area (Å²) in [7, 11) is 0. The lowest BCUT2D eigenvalue weighted by molar-refractivity contribution is -0.136. The molecule has 1 atom stereocenters. The maximum Gasteiger partial charge on any atom is 0.254 e. The topological polar surface area (TPSA) is 69.9 Å². The van der Waals surface area contributed by atoms with Gasteiger partial charge in [-0.25, -0.2) is 0 Å². The molecule has 2 heterocycles. The molecular weight excluding hydrogens is 316 g/mol. The Kier molecular flexibility index (Phi) is 5.58. The van der Waals surface area contributed by atoms with Crippen LogP contribution in [0.5, 0.6) is 0 Å². The number of carbonyl (C=O) groups is 2. The SMILES string of the molecule is CC1CCCCN1C(=O)CN1CCN(C(=O)c2cccc(N)c2)CC1. The van der Waals surface area contributed by atoms with E-state index < -0.39 is 0 Å². The van der Waals surface area contributed by atoms with Gasteiger partial charge >= 0.3 is 0 Å². The Labute approximate surface area is 149 Å². The molecule has 136 valence electrons. The Hall–Kier alpha value is -2.08. The molecule has 1 aromatic carbocycles. The number of benzene rings is 1. The monoisotopic (exact) mass is 344 g/mol. The van der Waals surface area contributed by atoms with Gasteiger partial charge in [0, 0.05) is 50.0 Å². The Morgan fingerprint density at radius 1 is 1.12 bits per heavy atom. The predicted molar refractivity (Wildman–Crippen MR) is 98.2 cm³/mol. The summed E-state index contributed by atoms with van der Waals surface area (Å²) >= 11 is 0. The number of amides is 2. The van der Waals surface area contributed by atoms with Gasteiger partial charge in [-0.2, -0.15) is 0 Å². The second-order valence-corrected chi connectivity index (χ2v) is 7.13. The molecule has 1 aromatic rings. The summed E-state index contributed by atoms with van der Waals surface area (Å²) in [6, 6.07) is 7.45. The van der Waals surface area contributed by atoms with Crippen LogP contribution in [0.15, 0.2) is 24.3 Å². The molecule has 2 fully saturated rings. The molecule has 0 bridgehead atoms. The first kappa shape index (κ1) is 17.7. The highest BCUT2D eigenvalue weighted by atomic mass is 16.2. The second-order valence-electron chi connectivity index (χ2n) is 7.13. The van der Waals surface area contributed by atoms with Gasteiger partial charge in [-0.05, 0) is 44.4 Å². The standard InChI is InChI=1S/C19H28N4O2/c1-15-5-2-3-8-23(15)18(24)14-21-9-11-22(12-10-21)19(25)16-6-4-7-17(20)13-16/h4,6-7,13,15H,2-3,5,8-12,14,20H2,1H3. The zero-order valence-corrected chi connectivity index (χ0v) is 15.0. The number of piperidine rings is 1. The van der Waals surface area contributed by atoms with Crippen LogP contribution in [0.25, 0.3) is 0 Å². The van der Waals surface area contributed by atoms with E-state index in [1.807, 2.05) is 9.80 Å². The summed E-state index contributed by atoms with van der Waals surface area (Å²) in [6.45, 7) is 6.26. The molecule has 0 aliphatic carbocycles. The lowest BCUT2D eigenvalue weighted by Gasteiger charge is -2.38. The number of hydrogen-bond acceptors (Lipinski definition) is 4. The summed E-state index contributed by atoms with van der Waals surface area (Å²) in [4.78, 5) is 31.1. The second kappa shape index (κ2) is 7.87. The maximum absolute atomic E-state index is 12.5. The van der Waals surface area contributed by atoms with E-state index in [4.69, 9.17) is 5.73 Å². The Morgan fingerprint density at radius 2 is 1.88 bits per heavy atom. The van der Waals surface area contributed by atoms with Crippen LogP contribution < -0.4 is 5.73 Å². The number of nitrogens with zero attached hydrogens (tertiary/aromatic N) is 3. The molecule has 6 heteroatoms. The van der Waals surface area contributed by atoms with Crippen molar-refractivity contribution in [3.63, 3.8) is 0 Å². The van der Waals surface area contributed by atoms with Crippen LogP contribution in [0.1, 0.15) is 36.5 Å². The first-order chi connectivity index (χ1) is 12.0. The molecule has 25 heavy (non-hydrogen) atoms. The van der Waals surface area contributed by atoms with E-state index in [0.29, 0.717) is 36.9 Å². The third kappa shape index (κ3) is 4.31. The number of nitrogen functional groups attached to an aromatic ring is 1. The van der Waals surface area contributed by atoms with Crippen molar-refractivity contribution in [3.8, 4) is 0 Å². The fourth-order valence-electron chi connectivity index (χ4n) is 3.71. The van der Waals surface area contributed by atoms with Crippen LogP contribution in [0, 0.1) is 0 Å². The van der Waals surface area contributed by atoms with Gasteiger partial charge in [-0.15, -0.1) is 0 Å². The van der Waals surface area contributed by atoms with Gasteiger partial charge < -0.3 is 15.5 Å². The number of hydrogen-bond donors (Lipinski definition) is 1. The highest BCUT2D eigenvalue weighted by molar-refractivity contribution is 5.95. The summed E-state index contributed by atoms with van der Waals surface area (Å²) < 4.78 is 0. The number of carbonyl (C=O) groups excluding carboxylic acids is 2. The van der Waals surface area contributed by atoms with Gasteiger partial charge in [0.05, 0.1) is 6.54 Å². The van der Waals surface area contributed by atoms with Crippen molar-refractivity contribution >= 4 is 17.5 Å². The molecule has 2 amide bonds. The van der Waals surface area contributed by atoms with Crippen LogP contribution >= 0.6 is 0 Å². The minimum absolute atomic E-state index is 0.0166. The van der Waals surface area contributed by atoms with Crippen LogP contribution in [-0.4, -0.2) is 71.8 Å². The normalized spacial score (nSPS) is 22.0. The summed E-state index contributed by atoms with van der Waals surface area (Å²) in [5.41, 5.74) is 7.00. The minimum atomic E-state index is 0.0166. The number of anilines is 1. The van der Waals surface area contributed by atoms with Crippen LogP contribution in [0.4, 0.5) is 5.69 Å². The number of piperazine rings is 1. The van der Waals surface area contributed by atoms with E-state index in [0.717, 1.165) is 32.5 Å². The van der Waals surface area contributed by atoms with Crippen LogP contribution in [0.2, 0.25) is 0 Å². The molecule has 0 aromatic heterocycles. The van der Waals surface area contributed by atoms with E-state index in [9.17, 15) is 9.59 Å². The van der Waals surface area contributed by atoms with Crippen molar-refractivity contribution < 1.29 is 9.59 Å². The highest BCUT2D eigenvalue weighted by Gasteiger charge is 2.27. The van der Waals surface area contributed by atoms with Gasteiger partial charge in [0.1, 0.15) is 0 Å². The van der Waals surface area contributed by atoms with E-state index >= 15 is 0 Å². The molecule has 2 aliphatic heterocycles. The van der Waals surface area contributed by atoms with Crippen molar-refractivity contribution in [2.75, 3.05) is 45.0 Å². The van der Waals surface area contributed by atoms with Gasteiger partial charge in [0.25, 0.3) is 5.91 Å². The fraction of sp³-hybridized carbons (Fsp3) is 0.579. The largest absolute Gasteiger partial charge is 0.399 e. The fourth-order valence-corrected chi connectivity index (χ4v) is 3.71. The highest BCUT2D eigenvalue weighted by Crippen LogP contribution is 2.17. The molecule has 3 rings (SSSR count). The van der Waals surface area contributed by atoms with Gasteiger partial charge in [-0.1, -0.05) is 6.07 Å². The Bertz CT molecular complexity index is 626. The molecule has 0 radical (unpaired) electrons. The smallest absolute Gasteiger partial charge is 0.254 e. The van der Waals surface area contributed by atoms with Gasteiger partial charge in [0.15, 0.2) is 0 Å². The summed E-state index contributed by atoms with van der Waals surface area (Å²) in [6.07, 6.45) is 3.43. The molecular formula is C19H28N4O2. The third-order valence-electron chi connectivity index (χ3n) is 5.28. The molecule has 2 saturated heterocycles. The Morgan fingerprint density at radius 3 is 2.56 bits per heavy atom. The quantitative estimate of drug-likeness (QED) is 0.842. The zero-order chi connectivity index (χ0) is 17.8. The third-order valence-corrected chi connectivity index (χ3v) is 5.28. The first-order valence-corrected chi connectivity index (χ1v) is 9.21. The molecule has 2 aliphatic rings. The Balaban J connectivity index is 1.50. The molecule has 1 unspecified atom stereocenters. The molecule has 0 spiro atoms. The van der Waals surface area contributed by atoms with E-state index in [2.05, 4.69) is 11.8 Å².